The number of nitro benzene ring substituents is 1. The molecule has 0 unspecified atom stereocenters. The summed E-state index contributed by atoms with van der Waals surface area (Å²) in [6.45, 7) is 1.45. The second-order valence-corrected chi connectivity index (χ2v) is 4.97. The molecule has 1 aromatic carbocycles. The van der Waals surface area contributed by atoms with Gasteiger partial charge in [0.1, 0.15) is 0 Å². The van der Waals surface area contributed by atoms with Crippen molar-refractivity contribution < 1.29 is 9.72 Å². The van der Waals surface area contributed by atoms with E-state index in [9.17, 15) is 14.9 Å². The first-order valence-electron chi connectivity index (χ1n) is 6.91. The smallest absolute Gasteiger partial charge is 0.269 e. The van der Waals surface area contributed by atoms with Gasteiger partial charge < -0.3 is 10.6 Å². The third kappa shape index (κ3) is 5.32. The third-order valence-corrected chi connectivity index (χ3v) is 3.49. The van der Waals surface area contributed by atoms with Gasteiger partial charge in [-0.25, -0.2) is 0 Å². The highest BCUT2D eigenvalue weighted by atomic mass is 35.5. The molecular formula is C14H20ClN3O3. The van der Waals surface area contributed by atoms with E-state index in [1.807, 2.05) is 0 Å². The summed E-state index contributed by atoms with van der Waals surface area (Å²) in [5.41, 5.74) is 1.07. The van der Waals surface area contributed by atoms with Crippen LogP contribution in [-0.2, 0) is 11.2 Å². The monoisotopic (exact) mass is 313 g/mol. The van der Waals surface area contributed by atoms with Crippen LogP contribution in [0.3, 0.4) is 0 Å². The number of halogens is 1. The van der Waals surface area contributed by atoms with Crippen molar-refractivity contribution in [2.45, 2.75) is 31.7 Å². The molecule has 1 heterocycles. The van der Waals surface area contributed by atoms with Gasteiger partial charge >= 0.3 is 0 Å². The zero-order valence-electron chi connectivity index (χ0n) is 11.7. The summed E-state index contributed by atoms with van der Waals surface area (Å²) in [6, 6.07) is 6.35. The maximum atomic E-state index is 11.9. The van der Waals surface area contributed by atoms with E-state index in [0.717, 1.165) is 31.4 Å². The van der Waals surface area contributed by atoms with Crippen LogP contribution in [0.1, 0.15) is 24.8 Å². The lowest BCUT2D eigenvalue weighted by Gasteiger charge is -2.22. The van der Waals surface area contributed by atoms with Crippen LogP contribution in [0.25, 0.3) is 0 Å². The van der Waals surface area contributed by atoms with Gasteiger partial charge in [0.15, 0.2) is 0 Å². The minimum absolute atomic E-state index is 0. The molecule has 1 atom stereocenters. The second kappa shape index (κ2) is 8.59. The molecular weight excluding hydrogens is 294 g/mol. The number of nitrogens with one attached hydrogen (secondary N) is 2. The average Bonchev–Trinajstić information content (AvgIpc) is 2.48. The Hall–Kier alpha value is -1.66. The predicted octanol–water partition coefficient (Wildman–Crippen LogP) is 1.82. The number of hydrogen-bond acceptors (Lipinski definition) is 4. The van der Waals surface area contributed by atoms with E-state index >= 15 is 0 Å². The largest absolute Gasteiger partial charge is 0.354 e. The molecule has 0 radical (unpaired) electrons. The summed E-state index contributed by atoms with van der Waals surface area (Å²) in [4.78, 5) is 22.0. The van der Waals surface area contributed by atoms with Gasteiger partial charge in [-0.15, -0.1) is 12.4 Å². The zero-order valence-corrected chi connectivity index (χ0v) is 12.5. The number of amides is 1. The Kier molecular flexibility index (Phi) is 7.11. The molecule has 1 saturated heterocycles. The van der Waals surface area contributed by atoms with Crippen LogP contribution in [0.5, 0.6) is 0 Å². The lowest BCUT2D eigenvalue weighted by Crippen LogP contribution is -2.47. The van der Waals surface area contributed by atoms with Crippen molar-refractivity contribution in [3.05, 3.63) is 39.9 Å². The van der Waals surface area contributed by atoms with Crippen molar-refractivity contribution in [1.29, 1.82) is 0 Å². The molecule has 0 spiro atoms. The standard InChI is InChI=1S/C14H19N3O3.ClH/c18-14(13-3-1-2-9-15-13)16-10-8-11-4-6-12(7-5-11)17(19)20;/h4-7,13,15H,1-3,8-10H2,(H,16,18);1H/t13-;/m0./s1. The fourth-order valence-corrected chi connectivity index (χ4v) is 2.31. The number of carbonyl (C=O) groups excluding carboxylic acids is 1. The first kappa shape index (κ1) is 17.4. The highest BCUT2D eigenvalue weighted by molar-refractivity contribution is 5.85. The number of piperidine rings is 1. The van der Waals surface area contributed by atoms with Gasteiger partial charge in [-0.3, -0.25) is 14.9 Å². The quantitative estimate of drug-likeness (QED) is 0.641. The van der Waals surface area contributed by atoms with Crippen LogP contribution in [0, 0.1) is 10.1 Å². The molecule has 2 N–H and O–H groups in total. The Morgan fingerprint density at radius 3 is 2.62 bits per heavy atom. The van der Waals surface area contributed by atoms with Crippen LogP contribution in [0.4, 0.5) is 5.69 Å². The van der Waals surface area contributed by atoms with Crippen LogP contribution in [0.2, 0.25) is 0 Å². The van der Waals surface area contributed by atoms with Crippen molar-refractivity contribution in [3.63, 3.8) is 0 Å². The van der Waals surface area contributed by atoms with E-state index in [1.54, 1.807) is 12.1 Å². The second-order valence-electron chi connectivity index (χ2n) is 4.97. The Bertz CT molecular complexity index is 473. The van der Waals surface area contributed by atoms with E-state index in [2.05, 4.69) is 10.6 Å². The Labute approximate surface area is 129 Å². The minimum atomic E-state index is -0.416. The molecule has 1 aromatic rings. The first-order valence-corrected chi connectivity index (χ1v) is 6.91. The van der Waals surface area contributed by atoms with Crippen LogP contribution < -0.4 is 10.6 Å². The lowest BCUT2D eigenvalue weighted by atomic mass is 10.0. The Morgan fingerprint density at radius 1 is 1.33 bits per heavy atom. The summed E-state index contributed by atoms with van der Waals surface area (Å²) >= 11 is 0. The van der Waals surface area contributed by atoms with E-state index in [0.29, 0.717) is 13.0 Å². The highest BCUT2D eigenvalue weighted by Crippen LogP contribution is 2.12. The number of hydrogen-bond donors (Lipinski definition) is 2. The fraction of sp³-hybridized carbons (Fsp3) is 0.500. The molecule has 116 valence electrons. The van der Waals surface area contributed by atoms with Gasteiger partial charge in [-0.2, -0.15) is 0 Å². The molecule has 0 saturated carbocycles. The molecule has 0 aromatic heterocycles. The summed E-state index contributed by atoms with van der Waals surface area (Å²) in [5.74, 6) is 0.0478. The topological polar surface area (TPSA) is 84.3 Å². The normalized spacial score (nSPS) is 17.6. The SMILES string of the molecule is Cl.O=C(NCCc1ccc([N+](=O)[O-])cc1)[C@@H]1CCCCN1. The first-order chi connectivity index (χ1) is 9.66. The zero-order chi connectivity index (χ0) is 14.4. The molecule has 7 heteroatoms. The van der Waals surface area contributed by atoms with Crippen molar-refractivity contribution in [2.75, 3.05) is 13.1 Å². The van der Waals surface area contributed by atoms with Gasteiger partial charge in [0.05, 0.1) is 11.0 Å². The average molecular weight is 314 g/mol. The molecule has 1 fully saturated rings. The van der Waals surface area contributed by atoms with Crippen molar-refractivity contribution in [3.8, 4) is 0 Å². The van der Waals surface area contributed by atoms with E-state index < -0.39 is 4.92 Å². The lowest BCUT2D eigenvalue weighted by molar-refractivity contribution is -0.384. The van der Waals surface area contributed by atoms with Gasteiger partial charge in [0.25, 0.3) is 5.69 Å². The Balaban J connectivity index is 0.00000220. The predicted molar refractivity (Wildman–Crippen MR) is 82.7 cm³/mol. The van der Waals surface area contributed by atoms with Gasteiger partial charge in [0.2, 0.25) is 5.91 Å². The van der Waals surface area contributed by atoms with Gasteiger partial charge in [-0.1, -0.05) is 18.6 Å². The number of nitro groups is 1. The summed E-state index contributed by atoms with van der Waals surface area (Å²) in [5, 5.41) is 16.6. The van der Waals surface area contributed by atoms with Crippen molar-refractivity contribution in [2.24, 2.45) is 0 Å². The maximum Gasteiger partial charge on any atom is 0.269 e. The van der Waals surface area contributed by atoms with Gasteiger partial charge in [0, 0.05) is 18.7 Å². The molecule has 0 aliphatic carbocycles. The van der Waals surface area contributed by atoms with E-state index in [1.165, 1.54) is 12.1 Å². The number of non-ortho nitro benzene ring substituents is 1. The van der Waals surface area contributed by atoms with Gasteiger partial charge in [-0.05, 0) is 31.4 Å². The number of nitrogens with zero attached hydrogens (tertiary/aromatic N) is 1. The Morgan fingerprint density at radius 2 is 2.05 bits per heavy atom. The molecule has 1 aliphatic heterocycles. The minimum Gasteiger partial charge on any atom is -0.354 e. The summed E-state index contributed by atoms with van der Waals surface area (Å²) in [7, 11) is 0. The summed E-state index contributed by atoms with van der Waals surface area (Å²) < 4.78 is 0. The highest BCUT2D eigenvalue weighted by Gasteiger charge is 2.19. The molecule has 1 amide bonds. The van der Waals surface area contributed by atoms with Crippen LogP contribution in [-0.4, -0.2) is 30.0 Å². The molecule has 1 aliphatic rings. The molecule has 21 heavy (non-hydrogen) atoms. The maximum absolute atomic E-state index is 11.9. The number of carbonyl (C=O) groups is 1. The van der Waals surface area contributed by atoms with Crippen molar-refractivity contribution >= 4 is 24.0 Å². The van der Waals surface area contributed by atoms with Crippen LogP contribution >= 0.6 is 12.4 Å². The van der Waals surface area contributed by atoms with E-state index in [-0.39, 0.29) is 30.0 Å². The molecule has 6 nitrogen and oxygen atoms in total. The number of rotatable bonds is 5. The third-order valence-electron chi connectivity index (χ3n) is 3.49. The number of benzene rings is 1. The van der Waals surface area contributed by atoms with Crippen LogP contribution in [0.15, 0.2) is 24.3 Å². The summed E-state index contributed by atoms with van der Waals surface area (Å²) in [6.07, 6.45) is 3.79. The molecule has 2 rings (SSSR count). The molecule has 0 bridgehead atoms. The fourth-order valence-electron chi connectivity index (χ4n) is 2.31. The van der Waals surface area contributed by atoms with Crippen molar-refractivity contribution in [1.82, 2.24) is 10.6 Å². The van der Waals surface area contributed by atoms with E-state index in [4.69, 9.17) is 0 Å².